The lowest BCUT2D eigenvalue weighted by molar-refractivity contribution is -0.110. The smallest absolute Gasteiger partial charge is 0.257 e. The Balaban J connectivity index is 1.40. The largest absolute Gasteiger partial charge is 0.457 e. The van der Waals surface area contributed by atoms with E-state index in [0.717, 1.165) is 39.3 Å². The van der Waals surface area contributed by atoms with E-state index in [1.165, 1.54) is 0 Å². The van der Waals surface area contributed by atoms with Crippen molar-refractivity contribution in [3.63, 3.8) is 0 Å². The minimum absolute atomic E-state index is 0.132. The van der Waals surface area contributed by atoms with Crippen molar-refractivity contribution in [3.05, 3.63) is 96.8 Å². The lowest BCUT2D eigenvalue weighted by Crippen LogP contribution is -2.05. The summed E-state index contributed by atoms with van der Waals surface area (Å²) in [7, 11) is 0. The predicted molar refractivity (Wildman–Crippen MR) is 115 cm³/mol. The van der Waals surface area contributed by atoms with Crippen molar-refractivity contribution in [2.24, 2.45) is 0 Å². The molecule has 0 spiro atoms. The summed E-state index contributed by atoms with van der Waals surface area (Å²) in [5.41, 5.74) is 3.98. The molecular weight excluding hydrogens is 362 g/mol. The van der Waals surface area contributed by atoms with Crippen LogP contribution < -0.4 is 15.4 Å². The molecule has 0 saturated heterocycles. The SMILES string of the molecule is O=C1Nc2ccc3ncccc3c2/C1=C\Nc1ccc(Oc2ccccc2)cc1. The Labute approximate surface area is 167 Å². The minimum atomic E-state index is -0.132. The molecule has 0 bridgehead atoms. The second-order valence-corrected chi connectivity index (χ2v) is 6.65. The van der Waals surface area contributed by atoms with Gasteiger partial charge in [-0.3, -0.25) is 9.78 Å². The first kappa shape index (κ1) is 17.0. The Kier molecular flexibility index (Phi) is 4.18. The van der Waals surface area contributed by atoms with E-state index in [2.05, 4.69) is 15.6 Å². The van der Waals surface area contributed by atoms with E-state index >= 15 is 0 Å². The molecule has 0 fully saturated rings. The van der Waals surface area contributed by atoms with E-state index in [4.69, 9.17) is 4.74 Å². The first-order valence-electron chi connectivity index (χ1n) is 9.27. The number of nitrogens with one attached hydrogen (secondary N) is 2. The molecule has 2 N–H and O–H groups in total. The highest BCUT2D eigenvalue weighted by atomic mass is 16.5. The number of rotatable bonds is 4. The van der Waals surface area contributed by atoms with Crippen LogP contribution in [0.1, 0.15) is 5.56 Å². The van der Waals surface area contributed by atoms with E-state index in [1.807, 2.05) is 78.9 Å². The van der Waals surface area contributed by atoms with Gasteiger partial charge in [0.2, 0.25) is 0 Å². The van der Waals surface area contributed by atoms with Crippen molar-refractivity contribution in [2.75, 3.05) is 10.6 Å². The second-order valence-electron chi connectivity index (χ2n) is 6.65. The summed E-state index contributed by atoms with van der Waals surface area (Å²) in [6, 6.07) is 24.9. The van der Waals surface area contributed by atoms with Gasteiger partial charge < -0.3 is 15.4 Å². The van der Waals surface area contributed by atoms with Gasteiger partial charge in [-0.05, 0) is 54.6 Å². The molecule has 5 rings (SSSR count). The monoisotopic (exact) mass is 379 g/mol. The number of benzene rings is 3. The predicted octanol–water partition coefficient (Wildman–Crippen LogP) is 5.43. The van der Waals surface area contributed by atoms with Crippen LogP contribution in [0.3, 0.4) is 0 Å². The van der Waals surface area contributed by atoms with Crippen molar-refractivity contribution in [1.82, 2.24) is 4.98 Å². The molecule has 29 heavy (non-hydrogen) atoms. The summed E-state index contributed by atoms with van der Waals surface area (Å²) in [5.74, 6) is 1.40. The molecule has 5 nitrogen and oxygen atoms in total. The number of fused-ring (bicyclic) bond motifs is 3. The summed E-state index contributed by atoms with van der Waals surface area (Å²) in [5, 5.41) is 7.08. The van der Waals surface area contributed by atoms with Gasteiger partial charge in [0.1, 0.15) is 11.5 Å². The van der Waals surface area contributed by atoms with Crippen molar-refractivity contribution in [3.8, 4) is 11.5 Å². The number of amides is 1. The molecule has 0 unspecified atom stereocenters. The van der Waals surface area contributed by atoms with Crippen molar-refractivity contribution >= 4 is 33.8 Å². The normalized spacial score (nSPS) is 13.9. The Bertz CT molecular complexity index is 1230. The standard InChI is InChI=1S/C24H17N3O2/c28-24-20(23-19-7-4-14-25-21(19)12-13-22(23)27-24)15-26-16-8-10-18(11-9-16)29-17-5-2-1-3-6-17/h1-15,26H,(H,27,28)/b20-15+. The van der Waals surface area contributed by atoms with Gasteiger partial charge in [-0.25, -0.2) is 0 Å². The van der Waals surface area contributed by atoms with Gasteiger partial charge in [-0.1, -0.05) is 24.3 Å². The maximum atomic E-state index is 12.5. The third kappa shape index (κ3) is 3.30. The van der Waals surface area contributed by atoms with Gasteiger partial charge in [-0.2, -0.15) is 0 Å². The molecule has 1 aromatic heterocycles. The summed E-state index contributed by atoms with van der Waals surface area (Å²) < 4.78 is 5.81. The number of aromatic nitrogens is 1. The van der Waals surface area contributed by atoms with E-state index in [9.17, 15) is 4.79 Å². The number of carbonyl (C=O) groups excluding carboxylic acids is 1. The van der Waals surface area contributed by atoms with Gasteiger partial charge in [0.25, 0.3) is 5.91 Å². The van der Waals surface area contributed by atoms with E-state index in [0.29, 0.717) is 5.57 Å². The number of pyridine rings is 1. The zero-order chi connectivity index (χ0) is 19.6. The first-order valence-corrected chi connectivity index (χ1v) is 9.27. The van der Waals surface area contributed by atoms with Crippen LogP contribution in [0.4, 0.5) is 11.4 Å². The number of para-hydroxylation sites is 1. The zero-order valence-corrected chi connectivity index (χ0v) is 15.4. The molecule has 1 aliphatic rings. The number of carbonyl (C=O) groups is 1. The van der Waals surface area contributed by atoms with Gasteiger partial charge in [0.05, 0.1) is 11.1 Å². The molecular formula is C24H17N3O2. The highest BCUT2D eigenvalue weighted by molar-refractivity contribution is 6.34. The van der Waals surface area contributed by atoms with Gasteiger partial charge >= 0.3 is 0 Å². The van der Waals surface area contributed by atoms with Crippen molar-refractivity contribution < 1.29 is 9.53 Å². The van der Waals surface area contributed by atoms with Crippen LogP contribution in [0.5, 0.6) is 11.5 Å². The molecule has 0 atom stereocenters. The van der Waals surface area contributed by atoms with E-state index < -0.39 is 0 Å². The number of anilines is 2. The summed E-state index contributed by atoms with van der Waals surface area (Å²) >= 11 is 0. The molecule has 0 aliphatic carbocycles. The molecule has 2 heterocycles. The van der Waals surface area contributed by atoms with Gasteiger partial charge in [0, 0.05) is 34.7 Å². The Morgan fingerprint density at radius 3 is 2.48 bits per heavy atom. The molecule has 1 aliphatic heterocycles. The van der Waals surface area contributed by atoms with Crippen molar-refractivity contribution in [2.45, 2.75) is 0 Å². The Morgan fingerprint density at radius 2 is 1.66 bits per heavy atom. The average molecular weight is 379 g/mol. The quantitative estimate of drug-likeness (QED) is 0.464. The second kappa shape index (κ2) is 7.13. The van der Waals surface area contributed by atoms with E-state index in [-0.39, 0.29) is 5.91 Å². The number of hydrogen-bond acceptors (Lipinski definition) is 4. The molecule has 0 radical (unpaired) electrons. The molecule has 1 amide bonds. The van der Waals surface area contributed by atoms with E-state index in [1.54, 1.807) is 12.4 Å². The Morgan fingerprint density at radius 1 is 0.862 bits per heavy atom. The fourth-order valence-corrected chi connectivity index (χ4v) is 3.39. The first-order chi connectivity index (χ1) is 14.3. The van der Waals surface area contributed by atoms with Crippen LogP contribution in [0.25, 0.3) is 16.5 Å². The summed E-state index contributed by atoms with van der Waals surface area (Å²) in [6.45, 7) is 0. The molecule has 140 valence electrons. The Hall–Kier alpha value is -4.12. The fraction of sp³-hybridized carbons (Fsp3) is 0. The van der Waals surface area contributed by atoms with Crippen LogP contribution >= 0.6 is 0 Å². The van der Waals surface area contributed by atoms with Crippen LogP contribution in [0, 0.1) is 0 Å². The highest BCUT2D eigenvalue weighted by Gasteiger charge is 2.26. The van der Waals surface area contributed by atoms with Crippen LogP contribution in [0.15, 0.2) is 91.3 Å². The lowest BCUT2D eigenvalue weighted by atomic mass is 10.0. The van der Waals surface area contributed by atoms with Crippen LogP contribution in [0.2, 0.25) is 0 Å². The molecule has 0 saturated carbocycles. The van der Waals surface area contributed by atoms with Crippen molar-refractivity contribution in [1.29, 1.82) is 0 Å². The van der Waals surface area contributed by atoms with Crippen LogP contribution in [-0.2, 0) is 4.79 Å². The summed E-state index contributed by atoms with van der Waals surface area (Å²) in [4.78, 5) is 16.9. The molecule has 3 aromatic carbocycles. The fourth-order valence-electron chi connectivity index (χ4n) is 3.39. The third-order valence-electron chi connectivity index (χ3n) is 4.76. The molecule has 5 heteroatoms. The number of hydrogen-bond donors (Lipinski definition) is 2. The number of nitrogens with zero attached hydrogens (tertiary/aromatic N) is 1. The highest BCUT2D eigenvalue weighted by Crippen LogP contribution is 2.37. The zero-order valence-electron chi connectivity index (χ0n) is 15.4. The maximum absolute atomic E-state index is 12.5. The average Bonchev–Trinajstić information content (AvgIpc) is 3.09. The lowest BCUT2D eigenvalue weighted by Gasteiger charge is -2.08. The van der Waals surface area contributed by atoms with Gasteiger partial charge in [-0.15, -0.1) is 0 Å². The van der Waals surface area contributed by atoms with Crippen LogP contribution in [-0.4, -0.2) is 10.9 Å². The number of ether oxygens (including phenoxy) is 1. The van der Waals surface area contributed by atoms with Gasteiger partial charge in [0.15, 0.2) is 0 Å². The third-order valence-corrected chi connectivity index (χ3v) is 4.76. The maximum Gasteiger partial charge on any atom is 0.257 e. The topological polar surface area (TPSA) is 63.2 Å². The summed E-state index contributed by atoms with van der Waals surface area (Å²) in [6.07, 6.45) is 3.49. The minimum Gasteiger partial charge on any atom is -0.457 e. The molecule has 4 aromatic rings.